The van der Waals surface area contributed by atoms with Gasteiger partial charge in [0, 0.05) is 10.4 Å². The molecule has 180 valence electrons. The number of aromatic nitrogens is 2. The maximum atomic E-state index is 13.4. The number of rotatable bonds is 7. The molecule has 0 N–H and O–H groups in total. The second kappa shape index (κ2) is 11.0. The Morgan fingerprint density at radius 1 is 1.20 bits per heavy atom. The van der Waals surface area contributed by atoms with Crippen molar-refractivity contribution in [1.29, 1.82) is 0 Å². The van der Waals surface area contributed by atoms with Gasteiger partial charge in [0.2, 0.25) is 0 Å². The van der Waals surface area contributed by atoms with Gasteiger partial charge >= 0.3 is 0 Å². The van der Waals surface area contributed by atoms with E-state index in [1.807, 2.05) is 26.0 Å². The van der Waals surface area contributed by atoms with Gasteiger partial charge in [0.15, 0.2) is 5.75 Å². The molecular weight excluding hydrogens is 601 g/mol. The highest BCUT2D eigenvalue weighted by molar-refractivity contribution is 9.10. The topological polar surface area (TPSA) is 56.5 Å². The van der Waals surface area contributed by atoms with E-state index in [9.17, 15) is 9.18 Å². The van der Waals surface area contributed by atoms with Crippen LogP contribution in [0.2, 0.25) is 5.02 Å². The van der Waals surface area contributed by atoms with Gasteiger partial charge in [0.05, 0.1) is 26.6 Å². The summed E-state index contributed by atoms with van der Waals surface area (Å²) in [6, 6.07) is 15.1. The Morgan fingerprint density at radius 3 is 2.71 bits per heavy atom. The molecule has 0 aliphatic rings. The van der Waals surface area contributed by atoms with E-state index in [2.05, 4.69) is 37.0 Å². The number of ether oxygens (including phenoxy) is 1. The van der Waals surface area contributed by atoms with Gasteiger partial charge in [0.25, 0.3) is 5.56 Å². The van der Waals surface area contributed by atoms with Crippen LogP contribution in [0.15, 0.2) is 73.4 Å². The Balaban J connectivity index is 1.67. The molecule has 35 heavy (non-hydrogen) atoms. The first-order valence-corrected chi connectivity index (χ1v) is 12.9. The molecule has 1 heterocycles. The molecule has 0 radical (unpaired) electrons. The van der Waals surface area contributed by atoms with E-state index in [4.69, 9.17) is 21.3 Å². The molecule has 3 aromatic carbocycles. The number of benzene rings is 3. The van der Waals surface area contributed by atoms with Gasteiger partial charge in [-0.1, -0.05) is 53.5 Å². The molecule has 5 nitrogen and oxygen atoms in total. The highest BCUT2D eigenvalue weighted by atomic mass is 79.9. The zero-order chi connectivity index (χ0) is 25.1. The van der Waals surface area contributed by atoms with Crippen LogP contribution in [-0.2, 0) is 6.61 Å². The quantitative estimate of drug-likeness (QED) is 0.199. The van der Waals surface area contributed by atoms with Crippen molar-refractivity contribution in [3.8, 4) is 5.75 Å². The van der Waals surface area contributed by atoms with Crippen LogP contribution in [0.5, 0.6) is 5.75 Å². The van der Waals surface area contributed by atoms with E-state index in [1.165, 1.54) is 16.8 Å². The number of hydrogen-bond donors (Lipinski definition) is 0. The Morgan fingerprint density at radius 2 is 2.00 bits per heavy atom. The average Bonchev–Trinajstić information content (AvgIpc) is 2.82. The van der Waals surface area contributed by atoms with E-state index in [1.54, 1.807) is 36.5 Å². The third kappa shape index (κ3) is 5.82. The second-order valence-electron chi connectivity index (χ2n) is 8.03. The minimum absolute atomic E-state index is 0.0295. The van der Waals surface area contributed by atoms with Crippen molar-refractivity contribution in [2.75, 3.05) is 0 Å². The highest BCUT2D eigenvalue weighted by Crippen LogP contribution is 2.35. The lowest BCUT2D eigenvalue weighted by atomic mass is 10.1. The summed E-state index contributed by atoms with van der Waals surface area (Å²) in [7, 11) is 0. The Bertz CT molecular complexity index is 1470. The summed E-state index contributed by atoms with van der Waals surface area (Å²) in [4.78, 5) is 18.0. The van der Waals surface area contributed by atoms with Gasteiger partial charge in [-0.2, -0.15) is 9.78 Å². The van der Waals surface area contributed by atoms with E-state index >= 15 is 0 Å². The van der Waals surface area contributed by atoms with Gasteiger partial charge in [0.1, 0.15) is 18.2 Å². The van der Waals surface area contributed by atoms with Crippen LogP contribution in [0.25, 0.3) is 10.9 Å². The summed E-state index contributed by atoms with van der Waals surface area (Å²) in [5, 5.41) is 5.31. The van der Waals surface area contributed by atoms with Crippen LogP contribution in [0, 0.1) is 5.82 Å². The van der Waals surface area contributed by atoms with Gasteiger partial charge in [-0.15, -0.1) is 0 Å². The largest absolute Gasteiger partial charge is 0.486 e. The molecule has 0 aliphatic heterocycles. The molecule has 0 saturated carbocycles. The van der Waals surface area contributed by atoms with E-state index < -0.39 is 0 Å². The maximum Gasteiger partial charge on any atom is 0.282 e. The van der Waals surface area contributed by atoms with Crippen LogP contribution in [0.3, 0.4) is 0 Å². The molecule has 0 aliphatic carbocycles. The third-order valence-corrected chi connectivity index (χ3v) is 6.86. The van der Waals surface area contributed by atoms with Crippen LogP contribution in [-0.4, -0.2) is 15.9 Å². The molecule has 0 bridgehead atoms. The van der Waals surface area contributed by atoms with Crippen molar-refractivity contribution in [1.82, 2.24) is 9.66 Å². The van der Waals surface area contributed by atoms with E-state index in [-0.39, 0.29) is 23.9 Å². The summed E-state index contributed by atoms with van der Waals surface area (Å²) in [6.45, 7) is 4.21. The molecule has 0 amide bonds. The van der Waals surface area contributed by atoms with Crippen molar-refractivity contribution in [3.63, 3.8) is 0 Å². The number of nitrogens with zero attached hydrogens (tertiary/aromatic N) is 3. The molecule has 0 spiro atoms. The summed E-state index contributed by atoms with van der Waals surface area (Å²) in [5.41, 5.74) is 1.73. The van der Waals surface area contributed by atoms with Crippen molar-refractivity contribution in [3.05, 3.63) is 102 Å². The summed E-state index contributed by atoms with van der Waals surface area (Å²) in [5.74, 6) is 0.721. The molecule has 1 aromatic heterocycles. The molecule has 9 heteroatoms. The monoisotopic (exact) mass is 619 g/mol. The van der Waals surface area contributed by atoms with Crippen molar-refractivity contribution < 1.29 is 9.13 Å². The first-order valence-electron chi connectivity index (χ1n) is 10.9. The molecular formula is C26H21Br2ClFN3O2. The molecule has 0 fully saturated rings. The molecule has 0 unspecified atom stereocenters. The standard InChI is InChI=1S/C26H21Br2ClFN3O2/c1-3-15(2)25-32-23-8-7-18(27)12-20(23)26(34)33(25)31-13-17-10-21(28)24(22(29)11-17)35-14-16-5-4-6-19(30)9-16/h4-13,15H,3,14H2,1-2H3/t15-/m0/s1. The Kier molecular flexibility index (Phi) is 8.04. The lowest BCUT2D eigenvalue weighted by Crippen LogP contribution is -2.23. The van der Waals surface area contributed by atoms with Crippen LogP contribution in [0.4, 0.5) is 4.39 Å². The molecule has 4 aromatic rings. The third-order valence-electron chi connectivity index (χ3n) is 5.50. The zero-order valence-corrected chi connectivity index (χ0v) is 22.9. The highest BCUT2D eigenvalue weighted by Gasteiger charge is 2.16. The fraction of sp³-hybridized carbons (Fsp3) is 0.192. The normalized spacial score (nSPS) is 12.4. The minimum atomic E-state index is -0.328. The second-order valence-corrected chi connectivity index (χ2v) is 10.2. The minimum Gasteiger partial charge on any atom is -0.486 e. The lowest BCUT2D eigenvalue weighted by Gasteiger charge is -2.14. The summed E-state index contributed by atoms with van der Waals surface area (Å²) >= 11 is 13.4. The molecule has 4 rings (SSSR count). The number of halogens is 4. The van der Waals surface area contributed by atoms with Gasteiger partial charge in [-0.3, -0.25) is 4.79 Å². The SMILES string of the molecule is CC[C@H](C)c1nc2ccc(Br)cc2c(=O)n1N=Cc1cc(Cl)c(OCc2cccc(F)c2)c(Br)c1. The zero-order valence-electron chi connectivity index (χ0n) is 18.9. The maximum absolute atomic E-state index is 13.4. The summed E-state index contributed by atoms with van der Waals surface area (Å²) in [6.07, 6.45) is 2.37. The fourth-order valence-corrected chi connectivity index (χ4v) is 4.83. The van der Waals surface area contributed by atoms with Crippen LogP contribution >= 0.6 is 43.5 Å². The van der Waals surface area contributed by atoms with Crippen LogP contribution in [0.1, 0.15) is 43.1 Å². The van der Waals surface area contributed by atoms with Crippen LogP contribution < -0.4 is 10.3 Å². The van der Waals surface area contributed by atoms with Crippen molar-refractivity contribution in [2.45, 2.75) is 32.8 Å². The predicted octanol–water partition coefficient (Wildman–Crippen LogP) is 7.69. The summed E-state index contributed by atoms with van der Waals surface area (Å²) < 4.78 is 22.0. The molecule has 0 saturated heterocycles. The number of fused-ring (bicyclic) bond motifs is 1. The average molecular weight is 622 g/mol. The van der Waals surface area contributed by atoms with Gasteiger partial charge in [-0.05, 0) is 75.9 Å². The Labute approximate surface area is 223 Å². The van der Waals surface area contributed by atoms with E-state index in [0.717, 1.165) is 10.9 Å². The smallest absolute Gasteiger partial charge is 0.282 e. The van der Waals surface area contributed by atoms with Gasteiger partial charge < -0.3 is 4.74 Å². The van der Waals surface area contributed by atoms with Crippen molar-refractivity contribution >= 4 is 60.6 Å². The first-order chi connectivity index (χ1) is 16.8. The fourth-order valence-electron chi connectivity index (χ4n) is 3.48. The predicted molar refractivity (Wildman–Crippen MR) is 145 cm³/mol. The first kappa shape index (κ1) is 25.5. The molecule has 1 atom stereocenters. The van der Waals surface area contributed by atoms with Crippen molar-refractivity contribution in [2.24, 2.45) is 5.10 Å². The Hall–Kier alpha value is -2.55. The lowest BCUT2D eigenvalue weighted by molar-refractivity contribution is 0.304. The van der Waals surface area contributed by atoms with E-state index in [0.29, 0.717) is 43.1 Å². The number of hydrogen-bond acceptors (Lipinski definition) is 4. The van der Waals surface area contributed by atoms with Gasteiger partial charge in [-0.25, -0.2) is 9.37 Å².